The summed E-state index contributed by atoms with van der Waals surface area (Å²) in [5.41, 5.74) is 0.935. The molecular formula is C17H23F3O. The summed E-state index contributed by atoms with van der Waals surface area (Å²) in [6, 6.07) is 6.39. The van der Waals surface area contributed by atoms with E-state index in [0.29, 0.717) is 5.92 Å². The first-order chi connectivity index (χ1) is 9.83. The lowest BCUT2D eigenvalue weighted by atomic mass is 9.75. The van der Waals surface area contributed by atoms with Gasteiger partial charge in [-0.25, -0.2) is 0 Å². The molecule has 0 amide bonds. The zero-order chi connectivity index (χ0) is 15.5. The highest BCUT2D eigenvalue weighted by molar-refractivity contribution is 5.29. The van der Waals surface area contributed by atoms with Crippen LogP contribution in [0.2, 0.25) is 0 Å². The predicted octanol–water partition coefficient (Wildman–Crippen LogP) is 5.59. The number of rotatable bonds is 4. The van der Waals surface area contributed by atoms with E-state index in [9.17, 15) is 13.2 Å². The fraction of sp³-hybridized carbons (Fsp3) is 0.647. The molecule has 0 atom stereocenters. The van der Waals surface area contributed by atoms with Gasteiger partial charge in [-0.05, 0) is 67.6 Å². The summed E-state index contributed by atoms with van der Waals surface area (Å²) in [5, 5.41) is 0. The Kier molecular flexibility index (Phi) is 5.17. The molecule has 0 N–H and O–H groups in total. The van der Waals surface area contributed by atoms with E-state index >= 15 is 0 Å². The second-order valence-corrected chi connectivity index (χ2v) is 6.42. The van der Waals surface area contributed by atoms with Gasteiger partial charge in [-0.2, -0.15) is 0 Å². The third-order valence-corrected chi connectivity index (χ3v) is 4.49. The molecule has 0 bridgehead atoms. The number of hydrogen-bond donors (Lipinski definition) is 0. The van der Waals surface area contributed by atoms with Gasteiger partial charge < -0.3 is 4.74 Å². The maximum atomic E-state index is 12.2. The van der Waals surface area contributed by atoms with Crippen LogP contribution in [-0.4, -0.2) is 6.36 Å². The third kappa shape index (κ3) is 5.25. The second kappa shape index (κ2) is 6.71. The predicted molar refractivity (Wildman–Crippen MR) is 77.1 cm³/mol. The SMILES string of the molecule is CC(C)C1CCC(Cc2cccc(OC(F)(F)F)c2)CC1. The van der Waals surface area contributed by atoms with Crippen molar-refractivity contribution in [2.75, 3.05) is 0 Å². The van der Waals surface area contributed by atoms with E-state index in [2.05, 4.69) is 18.6 Å². The van der Waals surface area contributed by atoms with Crippen molar-refractivity contribution in [2.45, 2.75) is 52.3 Å². The normalized spacial score (nSPS) is 23.3. The van der Waals surface area contributed by atoms with Crippen LogP contribution in [0, 0.1) is 17.8 Å². The summed E-state index contributed by atoms with van der Waals surface area (Å²) in [6.45, 7) is 4.53. The van der Waals surface area contributed by atoms with Crippen molar-refractivity contribution in [1.82, 2.24) is 0 Å². The van der Waals surface area contributed by atoms with Crippen LogP contribution in [0.15, 0.2) is 24.3 Å². The Labute approximate surface area is 124 Å². The fourth-order valence-electron chi connectivity index (χ4n) is 3.26. The Morgan fingerprint density at radius 1 is 1.14 bits per heavy atom. The summed E-state index contributed by atoms with van der Waals surface area (Å²) in [5.74, 6) is 2.01. The summed E-state index contributed by atoms with van der Waals surface area (Å²) in [4.78, 5) is 0. The van der Waals surface area contributed by atoms with Gasteiger partial charge in [-0.15, -0.1) is 13.2 Å². The van der Waals surface area contributed by atoms with Crippen molar-refractivity contribution in [3.8, 4) is 5.75 Å². The van der Waals surface area contributed by atoms with E-state index < -0.39 is 6.36 Å². The van der Waals surface area contributed by atoms with Crippen molar-refractivity contribution in [1.29, 1.82) is 0 Å². The first-order valence-electron chi connectivity index (χ1n) is 7.68. The second-order valence-electron chi connectivity index (χ2n) is 6.42. The molecule has 0 spiro atoms. The third-order valence-electron chi connectivity index (χ3n) is 4.49. The van der Waals surface area contributed by atoms with Crippen molar-refractivity contribution >= 4 is 0 Å². The Bertz CT molecular complexity index is 446. The average molecular weight is 300 g/mol. The molecule has 1 aliphatic rings. The van der Waals surface area contributed by atoms with Crippen molar-refractivity contribution in [2.24, 2.45) is 17.8 Å². The molecule has 1 saturated carbocycles. The topological polar surface area (TPSA) is 9.23 Å². The van der Waals surface area contributed by atoms with Gasteiger partial charge in [-0.3, -0.25) is 0 Å². The van der Waals surface area contributed by atoms with Crippen LogP contribution in [-0.2, 0) is 6.42 Å². The molecule has 0 aromatic heterocycles. The maximum absolute atomic E-state index is 12.2. The highest BCUT2D eigenvalue weighted by Gasteiger charge is 2.31. The van der Waals surface area contributed by atoms with Gasteiger partial charge in [0.05, 0.1) is 0 Å². The van der Waals surface area contributed by atoms with Crippen molar-refractivity contribution < 1.29 is 17.9 Å². The Morgan fingerprint density at radius 2 is 1.81 bits per heavy atom. The lowest BCUT2D eigenvalue weighted by Crippen LogP contribution is -2.20. The smallest absolute Gasteiger partial charge is 0.406 e. The highest BCUT2D eigenvalue weighted by atomic mass is 19.4. The fourth-order valence-corrected chi connectivity index (χ4v) is 3.26. The van der Waals surface area contributed by atoms with Crippen molar-refractivity contribution in [3.63, 3.8) is 0 Å². The number of benzene rings is 1. The zero-order valence-electron chi connectivity index (χ0n) is 12.6. The molecule has 2 rings (SSSR count). The molecule has 0 unspecified atom stereocenters. The van der Waals surface area contributed by atoms with E-state index in [4.69, 9.17) is 0 Å². The molecule has 0 saturated heterocycles. The van der Waals surface area contributed by atoms with Gasteiger partial charge in [0.25, 0.3) is 0 Å². The van der Waals surface area contributed by atoms with Crippen LogP contribution < -0.4 is 4.74 Å². The molecular weight excluding hydrogens is 277 g/mol. The first-order valence-corrected chi connectivity index (χ1v) is 7.68. The summed E-state index contributed by atoms with van der Waals surface area (Å²) in [7, 11) is 0. The molecule has 4 heteroatoms. The van der Waals surface area contributed by atoms with Gasteiger partial charge in [0.2, 0.25) is 0 Å². The average Bonchev–Trinajstić information content (AvgIpc) is 2.37. The Balaban J connectivity index is 1.90. The van der Waals surface area contributed by atoms with Gasteiger partial charge in [0.15, 0.2) is 0 Å². The molecule has 0 aliphatic heterocycles. The van der Waals surface area contributed by atoms with E-state index in [-0.39, 0.29) is 5.75 Å². The Hall–Kier alpha value is -1.19. The van der Waals surface area contributed by atoms with Crippen LogP contribution in [0.4, 0.5) is 13.2 Å². The van der Waals surface area contributed by atoms with Crippen molar-refractivity contribution in [3.05, 3.63) is 29.8 Å². The van der Waals surface area contributed by atoms with Gasteiger partial charge in [0.1, 0.15) is 5.75 Å². The molecule has 0 radical (unpaired) electrons. The first kappa shape index (κ1) is 16.2. The minimum atomic E-state index is -4.62. The standard InChI is InChI=1S/C17H23F3O/c1-12(2)15-8-6-13(7-9-15)10-14-4-3-5-16(11-14)21-17(18,19)20/h3-5,11-13,15H,6-10H2,1-2H3. The molecule has 1 nitrogen and oxygen atoms in total. The van der Waals surface area contributed by atoms with Gasteiger partial charge in [-0.1, -0.05) is 26.0 Å². The summed E-state index contributed by atoms with van der Waals surface area (Å²) < 4.78 is 40.7. The molecule has 1 aliphatic carbocycles. The van der Waals surface area contributed by atoms with Gasteiger partial charge >= 0.3 is 6.36 Å². The zero-order valence-corrected chi connectivity index (χ0v) is 12.6. The van der Waals surface area contributed by atoms with Crippen LogP contribution in [0.5, 0.6) is 5.75 Å². The maximum Gasteiger partial charge on any atom is 0.573 e. The number of alkyl halides is 3. The molecule has 118 valence electrons. The number of halogens is 3. The van der Waals surface area contributed by atoms with Crippen LogP contribution in [0.25, 0.3) is 0 Å². The minimum Gasteiger partial charge on any atom is -0.406 e. The van der Waals surface area contributed by atoms with E-state index in [0.717, 1.165) is 23.8 Å². The number of ether oxygens (including phenoxy) is 1. The largest absolute Gasteiger partial charge is 0.573 e. The van der Waals surface area contributed by atoms with E-state index in [1.54, 1.807) is 6.07 Å². The highest BCUT2D eigenvalue weighted by Crippen LogP contribution is 2.35. The minimum absolute atomic E-state index is 0.115. The number of hydrogen-bond acceptors (Lipinski definition) is 1. The Morgan fingerprint density at radius 3 is 2.38 bits per heavy atom. The van der Waals surface area contributed by atoms with Gasteiger partial charge in [0, 0.05) is 0 Å². The lowest BCUT2D eigenvalue weighted by Gasteiger charge is -2.31. The lowest BCUT2D eigenvalue weighted by molar-refractivity contribution is -0.274. The molecule has 21 heavy (non-hydrogen) atoms. The van der Waals surface area contributed by atoms with Crippen LogP contribution >= 0.6 is 0 Å². The quantitative estimate of drug-likeness (QED) is 0.704. The molecule has 1 aromatic carbocycles. The van der Waals surface area contributed by atoms with Crippen LogP contribution in [0.1, 0.15) is 45.1 Å². The van der Waals surface area contributed by atoms with E-state index in [1.807, 2.05) is 6.07 Å². The molecule has 1 aromatic rings. The monoisotopic (exact) mass is 300 g/mol. The summed E-state index contributed by atoms with van der Waals surface area (Å²) in [6.07, 6.45) is 1.05. The van der Waals surface area contributed by atoms with Crippen LogP contribution in [0.3, 0.4) is 0 Å². The van der Waals surface area contributed by atoms with E-state index in [1.165, 1.54) is 37.8 Å². The summed E-state index contributed by atoms with van der Waals surface area (Å²) >= 11 is 0. The molecule has 1 fully saturated rings. The molecule has 0 heterocycles.